The molecule has 8 nitrogen and oxygen atoms in total. The Kier molecular flexibility index (Phi) is 10.9. The number of halogens is 2. The number of rotatable bonds is 3. The van der Waals surface area contributed by atoms with E-state index in [1.165, 1.54) is 22.3 Å². The lowest BCUT2D eigenvalue weighted by Crippen LogP contribution is -3.00. The molecule has 49 heavy (non-hydrogen) atoms. The zero-order chi connectivity index (χ0) is 33.1. The van der Waals surface area contributed by atoms with Crippen LogP contribution in [0.3, 0.4) is 0 Å². The minimum absolute atomic E-state index is 0. The molecule has 6 bridgehead atoms. The van der Waals surface area contributed by atoms with Gasteiger partial charge in [0.2, 0.25) is 5.75 Å². The van der Waals surface area contributed by atoms with E-state index in [1.807, 2.05) is 24.3 Å². The first-order valence-electron chi connectivity index (χ1n) is 16.4. The second kappa shape index (κ2) is 14.4. The molecule has 4 heterocycles. The third-order valence-corrected chi connectivity index (χ3v) is 10.7. The lowest BCUT2D eigenvalue weighted by Gasteiger charge is -2.44. The molecule has 0 aliphatic carbocycles. The second-order valence-electron chi connectivity index (χ2n) is 14.3. The smallest absolute Gasteiger partial charge is 0.204 e. The van der Waals surface area contributed by atoms with Crippen LogP contribution in [0.4, 0.5) is 0 Å². The van der Waals surface area contributed by atoms with Gasteiger partial charge >= 0.3 is 0 Å². The van der Waals surface area contributed by atoms with Crippen molar-refractivity contribution in [1.82, 2.24) is 0 Å². The molecule has 0 fully saturated rings. The van der Waals surface area contributed by atoms with Crippen LogP contribution in [0.25, 0.3) is 0 Å². The summed E-state index contributed by atoms with van der Waals surface area (Å²) >= 11 is 0. The van der Waals surface area contributed by atoms with Crippen LogP contribution in [-0.4, -0.2) is 76.7 Å². The summed E-state index contributed by atoms with van der Waals surface area (Å²) in [6, 6.07) is 20.6. The van der Waals surface area contributed by atoms with Gasteiger partial charge in [0.05, 0.1) is 68.2 Å². The Morgan fingerprint density at radius 1 is 0.653 bits per heavy atom. The monoisotopic (exact) mass is 892 g/mol. The summed E-state index contributed by atoms with van der Waals surface area (Å²) in [6.07, 6.45) is 3.36. The van der Waals surface area contributed by atoms with Gasteiger partial charge in [-0.05, 0) is 64.7 Å². The van der Waals surface area contributed by atoms with E-state index < -0.39 is 0 Å². The van der Waals surface area contributed by atoms with Crippen molar-refractivity contribution in [2.24, 2.45) is 0 Å². The lowest BCUT2D eigenvalue weighted by molar-refractivity contribution is -0.923. The Morgan fingerprint density at radius 2 is 1.27 bits per heavy atom. The average Bonchev–Trinajstić information content (AvgIpc) is 3.05. The Hall–Kier alpha value is -2.94. The van der Waals surface area contributed by atoms with Gasteiger partial charge in [-0.2, -0.15) is 0 Å². The molecule has 2 atom stereocenters. The minimum atomic E-state index is 0. The predicted molar refractivity (Wildman–Crippen MR) is 181 cm³/mol. The molecule has 4 aliphatic rings. The van der Waals surface area contributed by atoms with Crippen molar-refractivity contribution in [1.29, 1.82) is 0 Å². The zero-order valence-electron chi connectivity index (χ0n) is 29.3. The highest BCUT2D eigenvalue weighted by atomic mass is 127. The minimum Gasteiger partial charge on any atom is -1.00 e. The fraction of sp³-hybridized carbons (Fsp3) is 0.385. The number of likely N-dealkylation sites (N-methyl/N-ethyl adjacent to an activating group) is 2. The first-order valence-corrected chi connectivity index (χ1v) is 16.4. The van der Waals surface area contributed by atoms with Crippen molar-refractivity contribution in [2.45, 2.75) is 37.8 Å². The fourth-order valence-corrected chi connectivity index (χ4v) is 7.79. The Morgan fingerprint density at radius 3 is 1.94 bits per heavy atom. The predicted octanol–water partition coefficient (Wildman–Crippen LogP) is 1.16. The standard InChI is InChI=1S/C39H45N2O6.2HI/c1-40(2)16-14-26-21-34(43-5)35-23-29(26)30(40)19-25-10-13-32(42)33(20-25)46-28-11-8-24(9-12-28)18-31-37-27(15-17-41(31,3)4)22-36(44-6)38(45-7)39(37)47-35;;/h8-13,20-23,30-31H,14-19H2,1-7H3;2*1H/q+1;;/p-1/t30-,31+;;/m1../s1. The summed E-state index contributed by atoms with van der Waals surface area (Å²) in [6.45, 7) is 1.96. The van der Waals surface area contributed by atoms with Gasteiger partial charge in [-0.3, -0.25) is 0 Å². The van der Waals surface area contributed by atoms with Crippen LogP contribution < -0.4 is 71.6 Å². The van der Waals surface area contributed by atoms with Crippen LogP contribution in [0.2, 0.25) is 0 Å². The van der Waals surface area contributed by atoms with E-state index in [0.717, 1.165) is 58.9 Å². The molecule has 1 N–H and O–H groups in total. The normalized spacial score (nSPS) is 19.7. The molecular weight excluding hydrogens is 846 g/mol. The fourth-order valence-electron chi connectivity index (χ4n) is 7.79. The molecule has 0 amide bonds. The maximum absolute atomic E-state index is 10.8. The highest BCUT2D eigenvalue weighted by molar-refractivity contribution is 5.63. The number of ether oxygens (including phenoxy) is 5. The van der Waals surface area contributed by atoms with Gasteiger partial charge in [0.25, 0.3) is 0 Å². The second-order valence-corrected chi connectivity index (χ2v) is 14.3. The summed E-state index contributed by atoms with van der Waals surface area (Å²) in [4.78, 5) is 0. The van der Waals surface area contributed by atoms with E-state index in [2.05, 4.69) is 58.5 Å². The van der Waals surface area contributed by atoms with E-state index in [1.54, 1.807) is 27.4 Å². The van der Waals surface area contributed by atoms with Gasteiger partial charge in [-0.25, -0.2) is 0 Å². The van der Waals surface area contributed by atoms with Crippen molar-refractivity contribution in [3.8, 4) is 46.0 Å². The number of benzene rings is 4. The molecule has 0 spiro atoms. The summed E-state index contributed by atoms with van der Waals surface area (Å²) in [5.41, 5.74) is 7.09. The number of phenols is 1. The van der Waals surface area contributed by atoms with Crippen LogP contribution in [0.15, 0.2) is 60.7 Å². The van der Waals surface area contributed by atoms with Gasteiger partial charge in [-0.1, -0.05) is 18.2 Å². The van der Waals surface area contributed by atoms with E-state index >= 15 is 0 Å². The van der Waals surface area contributed by atoms with Crippen LogP contribution in [-0.2, 0) is 25.7 Å². The van der Waals surface area contributed by atoms with Crippen LogP contribution in [0, 0.1) is 0 Å². The maximum Gasteiger partial charge on any atom is 0.204 e. The van der Waals surface area contributed by atoms with Gasteiger partial charge in [0.15, 0.2) is 34.5 Å². The molecule has 262 valence electrons. The number of phenolic OH excluding ortho intramolecular Hbond substituents is 1. The molecule has 0 aromatic heterocycles. The third-order valence-electron chi connectivity index (χ3n) is 10.7. The van der Waals surface area contributed by atoms with E-state index in [9.17, 15) is 5.11 Å². The number of hydrogen-bond donors (Lipinski definition) is 1. The van der Waals surface area contributed by atoms with Crippen molar-refractivity contribution in [2.75, 3.05) is 62.6 Å². The first kappa shape index (κ1) is 37.3. The number of aromatic hydroxyl groups is 1. The Balaban J connectivity index is 0.00000234. The molecule has 8 rings (SSSR count). The van der Waals surface area contributed by atoms with E-state index in [-0.39, 0.29) is 65.8 Å². The third kappa shape index (κ3) is 6.90. The van der Waals surface area contributed by atoms with Crippen LogP contribution in [0.5, 0.6) is 46.0 Å². The number of quaternary nitrogens is 2. The molecule has 0 unspecified atom stereocenters. The Labute approximate surface area is 324 Å². The summed E-state index contributed by atoms with van der Waals surface area (Å²) in [5, 5.41) is 10.8. The Bertz CT molecular complexity index is 1840. The average molecular weight is 893 g/mol. The molecule has 4 aliphatic heterocycles. The van der Waals surface area contributed by atoms with E-state index in [0.29, 0.717) is 40.2 Å². The lowest BCUT2D eigenvalue weighted by atomic mass is 9.85. The quantitative estimate of drug-likeness (QED) is 0.247. The number of hydrogen-bond acceptors (Lipinski definition) is 6. The SMILES string of the molecule is COc1cc2c3cc1Oc1c(OC)c(OC)cc4c1[C@H](Cc1ccc(cc1)Oc1cc(ccc1O)C[C@H]3[N+](C)(C)CC2)[N+](C)(C)CC4.[I-].[I-]. The first-order chi connectivity index (χ1) is 22.5. The highest BCUT2D eigenvalue weighted by Crippen LogP contribution is 2.53. The number of fused-ring (bicyclic) bond motifs is 2. The molecule has 0 saturated carbocycles. The van der Waals surface area contributed by atoms with Gasteiger partial charge in [-0.15, -0.1) is 0 Å². The topological polar surface area (TPSA) is 66.4 Å². The summed E-state index contributed by atoms with van der Waals surface area (Å²) < 4.78 is 33.0. The largest absolute Gasteiger partial charge is 1.00 e. The van der Waals surface area contributed by atoms with E-state index in [4.69, 9.17) is 23.7 Å². The van der Waals surface area contributed by atoms with Gasteiger partial charge in [0.1, 0.15) is 17.8 Å². The molecule has 4 aromatic carbocycles. The highest BCUT2D eigenvalue weighted by Gasteiger charge is 2.42. The molecule has 4 aromatic rings. The molecule has 10 heteroatoms. The van der Waals surface area contributed by atoms with Crippen molar-refractivity contribution in [3.63, 3.8) is 0 Å². The molecule has 0 radical (unpaired) electrons. The number of methoxy groups -OCH3 is 3. The van der Waals surface area contributed by atoms with Crippen molar-refractivity contribution < 1.29 is 85.7 Å². The maximum atomic E-state index is 10.8. The van der Waals surface area contributed by atoms with Crippen LogP contribution in [0.1, 0.15) is 45.5 Å². The van der Waals surface area contributed by atoms with Crippen molar-refractivity contribution in [3.05, 3.63) is 94.0 Å². The summed E-state index contributed by atoms with van der Waals surface area (Å²) in [7, 11) is 14.2. The van der Waals surface area contributed by atoms with Gasteiger partial charge < -0.3 is 85.7 Å². The van der Waals surface area contributed by atoms with Crippen LogP contribution >= 0.6 is 0 Å². The zero-order valence-corrected chi connectivity index (χ0v) is 33.6. The molecule has 0 saturated heterocycles. The van der Waals surface area contributed by atoms with Gasteiger partial charge in [0, 0.05) is 31.2 Å². The van der Waals surface area contributed by atoms with Crippen molar-refractivity contribution >= 4 is 0 Å². The molecular formula is C39H46I2N2O6. The number of nitrogens with zero attached hydrogens (tertiary/aromatic N) is 2. The summed E-state index contributed by atoms with van der Waals surface area (Å²) in [5.74, 6) is 4.54.